The van der Waals surface area contributed by atoms with Gasteiger partial charge in [0.05, 0.1) is 25.7 Å². The van der Waals surface area contributed by atoms with Gasteiger partial charge in [-0.15, -0.1) is 0 Å². The molecule has 0 saturated heterocycles. The van der Waals surface area contributed by atoms with E-state index in [4.69, 9.17) is 5.73 Å². The monoisotopic (exact) mass is 351 g/mol. The van der Waals surface area contributed by atoms with Crippen LogP contribution in [0.25, 0.3) is 0 Å². The minimum atomic E-state index is -4.31. The highest BCUT2D eigenvalue weighted by molar-refractivity contribution is 5.32. The van der Waals surface area contributed by atoms with Gasteiger partial charge < -0.3 is 10.2 Å². The highest BCUT2D eigenvalue weighted by Crippen LogP contribution is 2.37. The Hall–Kier alpha value is -2.01. The Kier molecular flexibility index (Phi) is 5.78. The van der Waals surface area contributed by atoms with Gasteiger partial charge in [-0.25, -0.2) is 0 Å². The van der Waals surface area contributed by atoms with Gasteiger partial charge in [-0.3, -0.25) is 0 Å². The first-order valence-electron chi connectivity index (χ1n) is 8.40. The van der Waals surface area contributed by atoms with E-state index >= 15 is 0 Å². The van der Waals surface area contributed by atoms with E-state index < -0.39 is 11.7 Å². The van der Waals surface area contributed by atoms with Crippen molar-refractivity contribution in [3.63, 3.8) is 0 Å². The highest BCUT2D eigenvalue weighted by Gasteiger charge is 2.36. The number of likely N-dealkylation sites (N-methyl/N-ethyl adjacent to an activating group) is 1. The second-order valence-corrected chi connectivity index (χ2v) is 6.98. The molecule has 0 spiro atoms. The van der Waals surface area contributed by atoms with Gasteiger partial charge >= 0.3 is 6.18 Å². The Balaban J connectivity index is 2.47. The Morgan fingerprint density at radius 1 is 1.28 bits per heavy atom. The molecule has 0 amide bonds. The third-order valence-corrected chi connectivity index (χ3v) is 4.74. The summed E-state index contributed by atoms with van der Waals surface area (Å²) in [5.41, 5.74) is 7.98. The Bertz CT molecular complexity index is 680. The van der Waals surface area contributed by atoms with E-state index in [1.165, 1.54) is 12.1 Å². The predicted octanol–water partition coefficient (Wildman–Crippen LogP) is 4.96. The average Bonchev–Trinajstić information content (AvgIpc) is 2.51. The third-order valence-electron chi connectivity index (χ3n) is 4.74. The summed E-state index contributed by atoms with van der Waals surface area (Å²) in [4.78, 5) is 0. The number of halogens is 3. The number of nitrogens with zero attached hydrogens (tertiary/aromatic N) is 1. The molecule has 5 heteroatoms. The number of rotatable bonds is 3. The van der Waals surface area contributed by atoms with Crippen LogP contribution in [0, 0.1) is 0 Å². The van der Waals surface area contributed by atoms with Crippen molar-refractivity contribution in [1.82, 2.24) is 0 Å². The van der Waals surface area contributed by atoms with Gasteiger partial charge in [-0.1, -0.05) is 30.4 Å². The molecule has 0 fully saturated rings. The summed E-state index contributed by atoms with van der Waals surface area (Å²) in [6.45, 7) is 5.50. The zero-order chi connectivity index (χ0) is 18.7. The molecule has 2 N–H and O–H groups in total. The summed E-state index contributed by atoms with van der Waals surface area (Å²) in [7, 11) is 2.14. The molecule has 2 atom stereocenters. The van der Waals surface area contributed by atoms with Gasteiger partial charge in [0.15, 0.2) is 0 Å². The standard InChI is InChI=1S/C20H26F3N2/c1-15-7-5-4-6-13-25(3,14-12-16(2)24)19(15)17-8-10-18(11-9-17)20(21,22)23/h4-5,7-12,19H,6,13-14,24H2,1-3H3/q+1/b5-4-,15-7+,16-12+. The van der Waals surface area contributed by atoms with Crippen LogP contribution in [0.4, 0.5) is 13.2 Å². The second-order valence-electron chi connectivity index (χ2n) is 6.98. The number of hydrogen-bond donors (Lipinski definition) is 1. The lowest BCUT2D eigenvalue weighted by Gasteiger charge is -2.42. The van der Waals surface area contributed by atoms with E-state index in [9.17, 15) is 13.2 Å². The molecule has 0 aromatic heterocycles. The fourth-order valence-corrected chi connectivity index (χ4v) is 3.42. The third kappa shape index (κ3) is 4.75. The van der Waals surface area contributed by atoms with Crippen molar-refractivity contribution in [2.75, 3.05) is 20.1 Å². The largest absolute Gasteiger partial charge is 0.416 e. The van der Waals surface area contributed by atoms with Gasteiger partial charge in [0, 0.05) is 17.7 Å². The number of quaternary nitrogens is 1. The van der Waals surface area contributed by atoms with Crippen LogP contribution in [0.3, 0.4) is 0 Å². The first-order chi connectivity index (χ1) is 11.6. The molecule has 25 heavy (non-hydrogen) atoms. The molecule has 0 radical (unpaired) electrons. The number of alkyl halides is 3. The molecule has 1 heterocycles. The van der Waals surface area contributed by atoms with Gasteiger partial charge in [-0.2, -0.15) is 13.2 Å². The van der Waals surface area contributed by atoms with E-state index in [0.29, 0.717) is 4.48 Å². The molecule has 1 aromatic carbocycles. The fourth-order valence-electron chi connectivity index (χ4n) is 3.42. The van der Waals surface area contributed by atoms with Crippen LogP contribution in [-0.4, -0.2) is 24.6 Å². The van der Waals surface area contributed by atoms with Crippen LogP contribution in [0.2, 0.25) is 0 Å². The first-order valence-corrected chi connectivity index (χ1v) is 8.40. The molecule has 1 aliphatic heterocycles. The lowest BCUT2D eigenvalue weighted by molar-refractivity contribution is -0.928. The molecular formula is C20H26F3N2+. The maximum atomic E-state index is 12.9. The number of nitrogens with two attached hydrogens (primary N) is 1. The van der Waals surface area contributed by atoms with Crippen molar-refractivity contribution in [3.8, 4) is 0 Å². The summed E-state index contributed by atoms with van der Waals surface area (Å²) in [6, 6.07) is 5.54. The smallest absolute Gasteiger partial charge is 0.402 e. The van der Waals surface area contributed by atoms with Crippen molar-refractivity contribution in [2.24, 2.45) is 5.73 Å². The molecular weight excluding hydrogens is 325 g/mol. The SMILES string of the molecule is C/C(N)=C\C[N+]1(C)CC/C=C\C=C(/C)C1c1ccc(C(F)(F)F)cc1. The molecule has 0 bridgehead atoms. The fraction of sp³-hybridized carbons (Fsp3) is 0.400. The van der Waals surface area contributed by atoms with Crippen LogP contribution in [-0.2, 0) is 6.18 Å². The van der Waals surface area contributed by atoms with Gasteiger partial charge in [-0.05, 0) is 37.6 Å². The molecule has 136 valence electrons. The van der Waals surface area contributed by atoms with Crippen LogP contribution < -0.4 is 5.73 Å². The molecule has 2 unspecified atom stereocenters. The van der Waals surface area contributed by atoms with E-state index in [2.05, 4.69) is 19.2 Å². The Labute approximate surface area is 147 Å². The lowest BCUT2D eigenvalue weighted by atomic mass is 9.93. The van der Waals surface area contributed by atoms with Crippen molar-refractivity contribution in [3.05, 3.63) is 71.0 Å². The minimum Gasteiger partial charge on any atom is -0.402 e. The van der Waals surface area contributed by atoms with Crippen molar-refractivity contribution in [2.45, 2.75) is 32.5 Å². The summed E-state index contributed by atoms with van der Waals surface area (Å²) < 4.78 is 39.3. The van der Waals surface area contributed by atoms with E-state index in [1.807, 2.05) is 26.0 Å². The van der Waals surface area contributed by atoms with Crippen molar-refractivity contribution >= 4 is 0 Å². The zero-order valence-corrected chi connectivity index (χ0v) is 15.0. The molecule has 2 rings (SSSR count). The van der Waals surface area contributed by atoms with E-state index in [1.54, 1.807) is 12.1 Å². The lowest BCUT2D eigenvalue weighted by Crippen LogP contribution is -2.48. The normalized spacial score (nSPS) is 28.6. The summed E-state index contributed by atoms with van der Waals surface area (Å²) >= 11 is 0. The van der Waals surface area contributed by atoms with Crippen molar-refractivity contribution < 1.29 is 17.7 Å². The maximum Gasteiger partial charge on any atom is 0.416 e. The predicted molar refractivity (Wildman–Crippen MR) is 95.6 cm³/mol. The topological polar surface area (TPSA) is 26.0 Å². The molecule has 0 aliphatic carbocycles. The van der Waals surface area contributed by atoms with E-state index in [0.717, 1.165) is 36.3 Å². The Morgan fingerprint density at radius 2 is 1.92 bits per heavy atom. The van der Waals surface area contributed by atoms with Crippen LogP contribution in [0.15, 0.2) is 59.8 Å². The summed E-state index contributed by atoms with van der Waals surface area (Å²) in [5, 5.41) is 0. The number of allylic oxidation sites excluding steroid dienone is 3. The number of hydrogen-bond acceptors (Lipinski definition) is 1. The summed E-state index contributed by atoms with van der Waals surface area (Å²) in [5.74, 6) is 0. The zero-order valence-electron chi connectivity index (χ0n) is 15.0. The van der Waals surface area contributed by atoms with Gasteiger partial charge in [0.25, 0.3) is 0 Å². The van der Waals surface area contributed by atoms with Crippen molar-refractivity contribution in [1.29, 1.82) is 0 Å². The number of benzene rings is 1. The molecule has 1 aromatic rings. The first kappa shape index (κ1) is 19.3. The molecule has 1 aliphatic rings. The second kappa shape index (κ2) is 7.48. The van der Waals surface area contributed by atoms with Crippen LogP contribution in [0.5, 0.6) is 0 Å². The van der Waals surface area contributed by atoms with Gasteiger partial charge in [0.1, 0.15) is 6.04 Å². The average molecular weight is 351 g/mol. The minimum absolute atomic E-state index is 0.0113. The Morgan fingerprint density at radius 3 is 2.48 bits per heavy atom. The molecule has 0 saturated carbocycles. The van der Waals surface area contributed by atoms with Crippen LogP contribution in [0.1, 0.15) is 37.4 Å². The maximum absolute atomic E-state index is 12.9. The van der Waals surface area contributed by atoms with Gasteiger partial charge in [0.2, 0.25) is 0 Å². The van der Waals surface area contributed by atoms with E-state index in [-0.39, 0.29) is 6.04 Å². The van der Waals surface area contributed by atoms with Crippen LogP contribution >= 0.6 is 0 Å². The highest BCUT2D eigenvalue weighted by atomic mass is 19.4. The quantitative estimate of drug-likeness (QED) is 0.765. The summed E-state index contributed by atoms with van der Waals surface area (Å²) in [6.07, 6.45) is 4.80. The molecule has 2 nitrogen and oxygen atoms in total.